The van der Waals surface area contributed by atoms with E-state index in [1.807, 2.05) is 31.2 Å². The van der Waals surface area contributed by atoms with E-state index in [4.69, 9.17) is 10.5 Å². The number of aliphatic imine (C=N–C) groups is 1. The lowest BCUT2D eigenvalue weighted by molar-refractivity contribution is 0.336. The number of halogens is 1. The van der Waals surface area contributed by atoms with Gasteiger partial charge >= 0.3 is 0 Å². The van der Waals surface area contributed by atoms with Gasteiger partial charge in [-0.1, -0.05) is 18.2 Å². The molecule has 0 aromatic heterocycles. The Hall–Kier alpha value is -0.980. The number of guanidine groups is 1. The second kappa shape index (κ2) is 8.24. The normalized spacial score (nSPS) is 15.2. The fraction of sp³-hybridized carbons (Fsp3) is 0.500. The lowest BCUT2D eigenvalue weighted by atomic mass is 10.2. The van der Waals surface area contributed by atoms with Crippen LogP contribution in [-0.2, 0) is 6.54 Å². The minimum atomic E-state index is 0. The maximum absolute atomic E-state index is 5.99. The molecule has 1 aliphatic rings. The van der Waals surface area contributed by atoms with Crippen LogP contribution in [0.2, 0.25) is 0 Å². The smallest absolute Gasteiger partial charge is 0.191 e. The lowest BCUT2D eigenvalue weighted by Crippen LogP contribution is -2.34. The molecule has 0 amide bonds. The second-order valence-electron chi connectivity index (χ2n) is 4.41. The van der Waals surface area contributed by atoms with Crippen LogP contribution in [0.15, 0.2) is 29.3 Å². The number of hydrogen-bond donors (Lipinski definition) is 1. The van der Waals surface area contributed by atoms with E-state index >= 15 is 0 Å². The van der Waals surface area contributed by atoms with Crippen LogP contribution in [0.1, 0.15) is 25.3 Å². The number of hydrogen-bond acceptors (Lipinski definition) is 2. The van der Waals surface area contributed by atoms with Crippen molar-refractivity contribution in [1.29, 1.82) is 0 Å². The highest BCUT2D eigenvalue weighted by Crippen LogP contribution is 2.19. The average molecular weight is 375 g/mol. The van der Waals surface area contributed by atoms with Crippen LogP contribution >= 0.6 is 24.0 Å². The van der Waals surface area contributed by atoms with Crippen molar-refractivity contribution < 1.29 is 4.74 Å². The quantitative estimate of drug-likeness (QED) is 0.500. The first-order chi connectivity index (χ1) is 8.81. The number of likely N-dealkylation sites (tertiary alicyclic amines) is 1. The predicted molar refractivity (Wildman–Crippen MR) is 89.2 cm³/mol. The zero-order chi connectivity index (χ0) is 12.8. The van der Waals surface area contributed by atoms with Gasteiger partial charge in [0.2, 0.25) is 0 Å². The Kier molecular flexibility index (Phi) is 6.97. The Morgan fingerprint density at radius 1 is 1.32 bits per heavy atom. The Morgan fingerprint density at radius 3 is 2.68 bits per heavy atom. The zero-order valence-corrected chi connectivity index (χ0v) is 13.7. The summed E-state index contributed by atoms with van der Waals surface area (Å²) >= 11 is 0. The van der Waals surface area contributed by atoms with E-state index in [2.05, 4.69) is 9.89 Å². The van der Waals surface area contributed by atoms with Crippen molar-refractivity contribution in [2.45, 2.75) is 26.3 Å². The van der Waals surface area contributed by atoms with Crippen LogP contribution in [0.3, 0.4) is 0 Å². The fourth-order valence-electron chi connectivity index (χ4n) is 2.14. The number of ether oxygens (including phenoxy) is 1. The first-order valence-corrected chi connectivity index (χ1v) is 6.57. The third-order valence-corrected chi connectivity index (χ3v) is 3.11. The molecule has 1 saturated heterocycles. The Morgan fingerprint density at radius 2 is 2.00 bits per heavy atom. The molecule has 0 aliphatic carbocycles. The summed E-state index contributed by atoms with van der Waals surface area (Å²) < 4.78 is 5.57. The zero-order valence-electron chi connectivity index (χ0n) is 11.3. The molecule has 19 heavy (non-hydrogen) atoms. The van der Waals surface area contributed by atoms with Crippen LogP contribution in [0, 0.1) is 0 Å². The van der Waals surface area contributed by atoms with Crippen LogP contribution < -0.4 is 10.5 Å². The topological polar surface area (TPSA) is 50.9 Å². The minimum Gasteiger partial charge on any atom is -0.494 e. The molecule has 0 radical (unpaired) electrons. The fourth-order valence-corrected chi connectivity index (χ4v) is 2.14. The summed E-state index contributed by atoms with van der Waals surface area (Å²) in [5, 5.41) is 0. The van der Waals surface area contributed by atoms with Gasteiger partial charge in [0.1, 0.15) is 5.75 Å². The van der Waals surface area contributed by atoms with Crippen molar-refractivity contribution in [2.24, 2.45) is 10.7 Å². The molecule has 1 aromatic rings. The molecule has 5 heteroatoms. The average Bonchev–Trinajstić information content (AvgIpc) is 2.92. The first kappa shape index (κ1) is 16.1. The minimum absolute atomic E-state index is 0. The molecule has 0 atom stereocenters. The summed E-state index contributed by atoms with van der Waals surface area (Å²) in [4.78, 5) is 6.60. The summed E-state index contributed by atoms with van der Waals surface area (Å²) in [5.41, 5.74) is 7.07. The molecular formula is C14H22IN3O. The van der Waals surface area contributed by atoms with Gasteiger partial charge in [0.05, 0.1) is 13.2 Å². The molecule has 2 N–H and O–H groups in total. The predicted octanol–water partition coefficient (Wildman–Crippen LogP) is 2.61. The molecule has 0 saturated carbocycles. The van der Waals surface area contributed by atoms with Gasteiger partial charge in [0.25, 0.3) is 0 Å². The molecule has 1 aromatic carbocycles. The van der Waals surface area contributed by atoms with E-state index in [1.54, 1.807) is 0 Å². The standard InChI is InChI=1S/C14H21N3O.HI/c1-2-18-13-8-4-3-7-12(13)11-16-14(15)17-9-5-6-10-17;/h3-4,7-8H,2,5-6,9-11H2,1H3,(H2,15,16);1H. The maximum Gasteiger partial charge on any atom is 0.191 e. The van der Waals surface area contributed by atoms with E-state index in [1.165, 1.54) is 12.8 Å². The largest absolute Gasteiger partial charge is 0.494 e. The van der Waals surface area contributed by atoms with E-state index in [0.717, 1.165) is 24.4 Å². The van der Waals surface area contributed by atoms with Crippen LogP contribution in [0.4, 0.5) is 0 Å². The van der Waals surface area contributed by atoms with Crippen molar-refractivity contribution in [3.05, 3.63) is 29.8 Å². The molecular weight excluding hydrogens is 353 g/mol. The number of nitrogens with zero attached hydrogens (tertiary/aromatic N) is 2. The van der Waals surface area contributed by atoms with Gasteiger partial charge in [0.15, 0.2) is 5.96 Å². The maximum atomic E-state index is 5.99. The molecule has 1 fully saturated rings. The summed E-state index contributed by atoms with van der Waals surface area (Å²) in [7, 11) is 0. The number of rotatable bonds is 4. The third-order valence-electron chi connectivity index (χ3n) is 3.11. The van der Waals surface area contributed by atoms with Gasteiger partial charge in [-0.05, 0) is 25.8 Å². The van der Waals surface area contributed by atoms with E-state index in [9.17, 15) is 0 Å². The van der Waals surface area contributed by atoms with Gasteiger partial charge in [-0.3, -0.25) is 0 Å². The molecule has 1 heterocycles. The number of benzene rings is 1. The Labute approximate surface area is 132 Å². The van der Waals surface area contributed by atoms with E-state index < -0.39 is 0 Å². The van der Waals surface area contributed by atoms with Gasteiger partial charge in [-0.2, -0.15) is 0 Å². The SMILES string of the molecule is CCOc1ccccc1CN=C(N)N1CCCC1.I. The van der Waals surface area contributed by atoms with E-state index in [0.29, 0.717) is 19.1 Å². The van der Waals surface area contributed by atoms with Crippen LogP contribution in [-0.4, -0.2) is 30.6 Å². The van der Waals surface area contributed by atoms with Crippen molar-refractivity contribution in [3.8, 4) is 5.75 Å². The van der Waals surface area contributed by atoms with Gasteiger partial charge < -0.3 is 15.4 Å². The number of nitrogens with two attached hydrogens (primary N) is 1. The molecule has 4 nitrogen and oxygen atoms in total. The number of para-hydroxylation sites is 1. The van der Waals surface area contributed by atoms with Crippen molar-refractivity contribution in [3.63, 3.8) is 0 Å². The van der Waals surface area contributed by atoms with Crippen LogP contribution in [0.5, 0.6) is 5.75 Å². The monoisotopic (exact) mass is 375 g/mol. The van der Waals surface area contributed by atoms with E-state index in [-0.39, 0.29) is 24.0 Å². The summed E-state index contributed by atoms with van der Waals surface area (Å²) in [5.74, 6) is 1.55. The third kappa shape index (κ3) is 4.56. The molecule has 0 unspecified atom stereocenters. The second-order valence-corrected chi connectivity index (χ2v) is 4.41. The van der Waals surface area contributed by atoms with Crippen molar-refractivity contribution >= 4 is 29.9 Å². The highest BCUT2D eigenvalue weighted by Gasteiger charge is 2.13. The van der Waals surface area contributed by atoms with Crippen molar-refractivity contribution in [2.75, 3.05) is 19.7 Å². The molecule has 0 spiro atoms. The highest BCUT2D eigenvalue weighted by atomic mass is 127. The van der Waals surface area contributed by atoms with Gasteiger partial charge in [0, 0.05) is 18.7 Å². The summed E-state index contributed by atoms with van der Waals surface area (Å²) in [6, 6.07) is 7.98. The molecule has 0 bridgehead atoms. The lowest BCUT2D eigenvalue weighted by Gasteiger charge is -2.16. The first-order valence-electron chi connectivity index (χ1n) is 6.57. The Balaban J connectivity index is 0.00000180. The summed E-state index contributed by atoms with van der Waals surface area (Å²) in [6.07, 6.45) is 2.43. The highest BCUT2D eigenvalue weighted by molar-refractivity contribution is 14.0. The molecule has 106 valence electrons. The molecule has 2 rings (SSSR count). The molecule has 1 aliphatic heterocycles. The van der Waals surface area contributed by atoms with Crippen molar-refractivity contribution in [1.82, 2.24) is 4.90 Å². The Bertz CT molecular complexity index is 417. The van der Waals surface area contributed by atoms with Gasteiger partial charge in [-0.15, -0.1) is 24.0 Å². The van der Waals surface area contributed by atoms with Crippen LogP contribution in [0.25, 0.3) is 0 Å². The van der Waals surface area contributed by atoms with Gasteiger partial charge in [-0.25, -0.2) is 4.99 Å². The summed E-state index contributed by atoms with van der Waals surface area (Å²) in [6.45, 7) is 5.30.